The van der Waals surface area contributed by atoms with Gasteiger partial charge in [-0.2, -0.15) is 0 Å². The molecule has 0 unspecified atom stereocenters. The van der Waals surface area contributed by atoms with Crippen molar-refractivity contribution in [3.63, 3.8) is 0 Å². The predicted octanol–water partition coefficient (Wildman–Crippen LogP) is 1.47. The average molecular weight is 334 g/mol. The van der Waals surface area contributed by atoms with Crippen LogP contribution < -0.4 is 5.56 Å². The van der Waals surface area contributed by atoms with Crippen LogP contribution in [0.2, 0.25) is 0 Å². The van der Waals surface area contributed by atoms with Crippen molar-refractivity contribution in [3.8, 4) is 0 Å². The van der Waals surface area contributed by atoms with Gasteiger partial charge in [0, 0.05) is 37.7 Å². The highest BCUT2D eigenvalue weighted by Crippen LogP contribution is 2.33. The molecule has 1 aromatic rings. The molecular weight excluding hydrogens is 312 g/mol. The van der Waals surface area contributed by atoms with Crippen LogP contribution in [-0.2, 0) is 11.2 Å². The van der Waals surface area contributed by atoms with Crippen LogP contribution in [0.15, 0.2) is 10.9 Å². The van der Waals surface area contributed by atoms with E-state index in [1.165, 1.54) is 18.0 Å². The number of ketones is 1. The van der Waals surface area contributed by atoms with Crippen LogP contribution in [0, 0.1) is 5.41 Å². The quantitative estimate of drug-likeness (QED) is 0.848. The number of carboxylic acid groups (broad SMARTS) is 1. The van der Waals surface area contributed by atoms with Crippen molar-refractivity contribution >= 4 is 17.7 Å². The summed E-state index contributed by atoms with van der Waals surface area (Å²) in [6.07, 6.45) is 1.19. The Balaban J connectivity index is 2.24. The van der Waals surface area contributed by atoms with Gasteiger partial charge in [-0.15, -0.1) is 0 Å². The molecule has 0 aromatic carbocycles. The third-order valence-electron chi connectivity index (χ3n) is 4.18. The number of carbonyl (C=O) groups excluding carboxylic acids is 2. The van der Waals surface area contributed by atoms with Gasteiger partial charge in [0.25, 0.3) is 11.5 Å². The molecule has 0 saturated heterocycles. The highest BCUT2D eigenvalue weighted by Gasteiger charge is 2.33. The van der Waals surface area contributed by atoms with Gasteiger partial charge in [0.2, 0.25) is 0 Å². The Hall–Kier alpha value is -2.44. The van der Waals surface area contributed by atoms with Crippen LogP contribution in [0.4, 0.5) is 0 Å². The third kappa shape index (κ3) is 3.90. The number of aromatic amines is 1. The molecule has 1 aromatic heterocycles. The van der Waals surface area contributed by atoms with E-state index in [1.807, 2.05) is 13.8 Å². The van der Waals surface area contributed by atoms with Gasteiger partial charge in [-0.1, -0.05) is 13.8 Å². The highest BCUT2D eigenvalue weighted by atomic mass is 16.4. The maximum absolute atomic E-state index is 12.4. The monoisotopic (exact) mass is 334 g/mol. The minimum atomic E-state index is -0.935. The minimum Gasteiger partial charge on any atom is -0.481 e. The smallest absolute Gasteiger partial charge is 0.303 e. The average Bonchev–Trinajstić information content (AvgIpc) is 2.44. The van der Waals surface area contributed by atoms with Crippen molar-refractivity contribution in [2.45, 2.75) is 39.5 Å². The first-order valence-electron chi connectivity index (χ1n) is 7.87. The normalized spacial score (nSPS) is 15.7. The van der Waals surface area contributed by atoms with Crippen LogP contribution in [0.1, 0.15) is 59.5 Å². The van der Waals surface area contributed by atoms with Crippen LogP contribution >= 0.6 is 0 Å². The van der Waals surface area contributed by atoms with Gasteiger partial charge in [-0.25, -0.2) is 0 Å². The summed E-state index contributed by atoms with van der Waals surface area (Å²) in [4.78, 5) is 51.4. The predicted molar refractivity (Wildman–Crippen MR) is 87.3 cm³/mol. The molecule has 1 heterocycles. The van der Waals surface area contributed by atoms with Crippen molar-refractivity contribution in [2.75, 3.05) is 13.6 Å². The molecule has 7 nitrogen and oxygen atoms in total. The van der Waals surface area contributed by atoms with E-state index >= 15 is 0 Å². The van der Waals surface area contributed by atoms with Gasteiger partial charge in [0.05, 0.1) is 0 Å². The summed E-state index contributed by atoms with van der Waals surface area (Å²) in [6.45, 7) is 4.14. The summed E-state index contributed by atoms with van der Waals surface area (Å²) in [6, 6.07) is 1.38. The first-order chi connectivity index (χ1) is 11.1. The number of pyridine rings is 1. The van der Waals surface area contributed by atoms with Crippen molar-refractivity contribution < 1.29 is 19.5 Å². The second kappa shape index (κ2) is 6.59. The van der Waals surface area contributed by atoms with Crippen LogP contribution in [-0.4, -0.2) is 46.2 Å². The number of hydrogen-bond donors (Lipinski definition) is 2. The standard InChI is InChI=1S/C17H22N2O5/c1-17(2)8-12-10(13(20)9-17)7-11(15(23)18-12)16(24)19(3)6-4-5-14(21)22/h7H,4-6,8-9H2,1-3H3,(H,18,23)(H,21,22). The molecule has 0 fully saturated rings. The fraction of sp³-hybridized carbons (Fsp3) is 0.529. The number of aromatic nitrogens is 1. The summed E-state index contributed by atoms with van der Waals surface area (Å²) in [5.41, 5.74) is 0.156. The molecule has 0 radical (unpaired) electrons. The molecule has 130 valence electrons. The van der Waals surface area contributed by atoms with E-state index < -0.39 is 17.4 Å². The molecule has 0 aliphatic heterocycles. The summed E-state index contributed by atoms with van der Waals surface area (Å²) >= 11 is 0. The topological polar surface area (TPSA) is 108 Å². The van der Waals surface area contributed by atoms with Crippen molar-refractivity contribution in [1.82, 2.24) is 9.88 Å². The molecule has 1 aliphatic carbocycles. The Labute approximate surface area is 139 Å². The molecule has 24 heavy (non-hydrogen) atoms. The Morgan fingerprint density at radius 1 is 1.29 bits per heavy atom. The number of carbonyl (C=O) groups is 3. The molecular formula is C17H22N2O5. The number of H-pyrrole nitrogens is 1. The number of nitrogens with one attached hydrogen (secondary N) is 1. The molecule has 1 aliphatic rings. The lowest BCUT2D eigenvalue weighted by Crippen LogP contribution is -2.36. The molecule has 7 heteroatoms. The largest absolute Gasteiger partial charge is 0.481 e. The van der Waals surface area contributed by atoms with Gasteiger partial charge in [0.1, 0.15) is 5.56 Å². The Morgan fingerprint density at radius 2 is 1.96 bits per heavy atom. The van der Waals surface area contributed by atoms with E-state index in [1.54, 1.807) is 0 Å². The second-order valence-corrected chi connectivity index (χ2v) is 7.07. The number of nitrogens with zero attached hydrogens (tertiary/aromatic N) is 1. The first kappa shape index (κ1) is 17.9. The molecule has 0 saturated carbocycles. The van der Waals surface area contributed by atoms with Gasteiger partial charge in [-0.05, 0) is 24.3 Å². The molecule has 0 bridgehead atoms. The number of hydrogen-bond acceptors (Lipinski definition) is 4. The Morgan fingerprint density at radius 3 is 2.58 bits per heavy atom. The number of fused-ring (bicyclic) bond motifs is 1. The van der Waals surface area contributed by atoms with E-state index in [0.29, 0.717) is 30.5 Å². The molecule has 2 N–H and O–H groups in total. The van der Waals surface area contributed by atoms with Crippen molar-refractivity contribution in [1.29, 1.82) is 0 Å². The SMILES string of the molecule is CN(CCCC(=O)O)C(=O)c1cc2c([nH]c1=O)CC(C)(C)CC2=O. The van der Waals surface area contributed by atoms with E-state index in [4.69, 9.17) is 5.11 Å². The maximum atomic E-state index is 12.4. The maximum Gasteiger partial charge on any atom is 0.303 e. The Kier molecular flexibility index (Phi) is 4.91. The summed E-state index contributed by atoms with van der Waals surface area (Å²) < 4.78 is 0. The van der Waals surface area contributed by atoms with Crippen LogP contribution in [0.5, 0.6) is 0 Å². The highest BCUT2D eigenvalue weighted by molar-refractivity contribution is 6.02. The number of amides is 1. The number of Topliss-reactive ketones (excluding diaryl/α,β-unsaturated/α-hetero) is 1. The van der Waals surface area contributed by atoms with E-state index in [2.05, 4.69) is 4.98 Å². The third-order valence-corrected chi connectivity index (χ3v) is 4.18. The number of aliphatic carboxylic acids is 1. The fourth-order valence-electron chi connectivity index (χ4n) is 2.96. The molecule has 1 amide bonds. The second-order valence-electron chi connectivity index (χ2n) is 7.07. The number of rotatable bonds is 5. The van der Waals surface area contributed by atoms with Gasteiger partial charge in [-0.3, -0.25) is 19.2 Å². The van der Waals surface area contributed by atoms with Crippen LogP contribution in [0.25, 0.3) is 0 Å². The fourth-order valence-corrected chi connectivity index (χ4v) is 2.96. The van der Waals surface area contributed by atoms with Crippen molar-refractivity contribution in [3.05, 3.63) is 33.2 Å². The lowest BCUT2D eigenvalue weighted by molar-refractivity contribution is -0.137. The van der Waals surface area contributed by atoms with Gasteiger partial charge in [0.15, 0.2) is 5.78 Å². The molecule has 2 rings (SSSR count). The molecule has 0 atom stereocenters. The minimum absolute atomic E-state index is 0.0499. The zero-order chi connectivity index (χ0) is 18.1. The summed E-state index contributed by atoms with van der Waals surface area (Å²) in [5, 5.41) is 8.63. The van der Waals surface area contributed by atoms with E-state index in [-0.39, 0.29) is 29.7 Å². The molecule has 0 spiro atoms. The number of carboxylic acids is 1. The summed E-state index contributed by atoms with van der Waals surface area (Å²) in [7, 11) is 1.51. The lowest BCUT2D eigenvalue weighted by atomic mass is 9.75. The summed E-state index contributed by atoms with van der Waals surface area (Å²) in [5.74, 6) is -1.53. The van der Waals surface area contributed by atoms with E-state index in [0.717, 1.165) is 0 Å². The zero-order valence-electron chi connectivity index (χ0n) is 14.1. The zero-order valence-corrected chi connectivity index (χ0v) is 14.1. The van der Waals surface area contributed by atoms with Crippen molar-refractivity contribution in [2.24, 2.45) is 5.41 Å². The van der Waals surface area contributed by atoms with Gasteiger partial charge >= 0.3 is 5.97 Å². The van der Waals surface area contributed by atoms with E-state index in [9.17, 15) is 19.2 Å². The van der Waals surface area contributed by atoms with Crippen LogP contribution in [0.3, 0.4) is 0 Å². The Bertz CT molecular complexity index is 748. The van der Waals surface area contributed by atoms with Gasteiger partial charge < -0.3 is 15.0 Å². The first-order valence-corrected chi connectivity index (χ1v) is 7.87. The lowest BCUT2D eigenvalue weighted by Gasteiger charge is -2.30.